The molecule has 10 heavy (non-hydrogen) atoms. The molecule has 1 aromatic rings. The number of amides is 2. The van der Waals surface area contributed by atoms with E-state index in [9.17, 15) is 4.79 Å². The molecule has 0 bridgehead atoms. The summed E-state index contributed by atoms with van der Waals surface area (Å²) in [6, 6.07) is -0.231. The van der Waals surface area contributed by atoms with Crippen LogP contribution >= 0.6 is 11.3 Å². The third-order valence-electron chi connectivity index (χ3n) is 1.38. The molecule has 1 N–H and O–H groups in total. The highest BCUT2D eigenvalue weighted by atomic mass is 32.1. The first-order valence-electron chi connectivity index (χ1n) is 2.90. The zero-order valence-electron chi connectivity index (χ0n) is 5.13. The number of anilines is 1. The van der Waals surface area contributed by atoms with E-state index in [0.29, 0.717) is 6.54 Å². The van der Waals surface area contributed by atoms with E-state index in [1.807, 2.05) is 10.8 Å². The van der Waals surface area contributed by atoms with Crippen LogP contribution in [0.4, 0.5) is 10.5 Å². The Balaban J connectivity index is 2.39. The molecule has 2 amide bonds. The van der Waals surface area contributed by atoms with Crippen LogP contribution in [0.15, 0.2) is 10.8 Å². The Bertz CT molecular complexity index is 268. The predicted molar refractivity (Wildman–Crippen MR) is 39.2 cm³/mol. The van der Waals surface area contributed by atoms with Crippen molar-refractivity contribution < 1.29 is 4.79 Å². The molecule has 1 aromatic heterocycles. The second-order valence-electron chi connectivity index (χ2n) is 2.06. The quantitative estimate of drug-likeness (QED) is 0.601. The molecule has 0 aromatic carbocycles. The van der Waals surface area contributed by atoms with Gasteiger partial charge in [-0.25, -0.2) is 10.1 Å². The lowest BCUT2D eigenvalue weighted by Gasteiger charge is -2.10. The summed E-state index contributed by atoms with van der Waals surface area (Å²) in [4.78, 5) is 10.7. The van der Waals surface area contributed by atoms with Crippen LogP contribution in [-0.4, -0.2) is 6.03 Å². The summed E-state index contributed by atoms with van der Waals surface area (Å²) in [7, 11) is 0. The summed E-state index contributed by atoms with van der Waals surface area (Å²) in [5.74, 6) is 0. The highest BCUT2D eigenvalue weighted by Gasteiger charge is 2.14. The Kier molecular flexibility index (Phi) is 1.14. The van der Waals surface area contributed by atoms with Crippen molar-refractivity contribution in [2.24, 2.45) is 0 Å². The van der Waals surface area contributed by atoms with Crippen molar-refractivity contribution in [3.63, 3.8) is 0 Å². The lowest BCUT2D eigenvalue weighted by molar-refractivity contribution is 0.250. The molecule has 0 aliphatic carbocycles. The van der Waals surface area contributed by atoms with Crippen LogP contribution in [0, 0.1) is 0 Å². The van der Waals surface area contributed by atoms with Crippen LogP contribution in [0.25, 0.3) is 0 Å². The van der Waals surface area contributed by atoms with Crippen molar-refractivity contribution >= 4 is 23.1 Å². The summed E-state index contributed by atoms with van der Waals surface area (Å²) >= 11 is 1.58. The van der Waals surface area contributed by atoms with E-state index in [1.165, 1.54) is 0 Å². The van der Waals surface area contributed by atoms with E-state index in [2.05, 4.69) is 10.6 Å². The Morgan fingerprint density at radius 3 is 3.40 bits per heavy atom. The molecule has 2 rings (SSSR count). The zero-order chi connectivity index (χ0) is 6.97. The standard InChI is InChI=1S/C6H5N2OS/c9-6-7-1-4-2-10-3-5(4)8-6/h2-3H,1H2,(H,8,9). The van der Waals surface area contributed by atoms with Crippen molar-refractivity contribution in [2.45, 2.75) is 6.54 Å². The third kappa shape index (κ3) is 0.769. The summed E-state index contributed by atoms with van der Waals surface area (Å²) in [6.45, 7) is 0.532. The van der Waals surface area contributed by atoms with Crippen LogP contribution in [-0.2, 0) is 6.54 Å². The number of fused-ring (bicyclic) bond motifs is 1. The normalized spacial score (nSPS) is 15.4. The average molecular weight is 153 g/mol. The van der Waals surface area contributed by atoms with Gasteiger partial charge in [-0.2, -0.15) is 0 Å². The van der Waals surface area contributed by atoms with Crippen LogP contribution in [0.3, 0.4) is 0 Å². The number of rotatable bonds is 0. The van der Waals surface area contributed by atoms with Crippen LogP contribution in [0.5, 0.6) is 0 Å². The molecule has 1 radical (unpaired) electrons. The molecule has 0 unspecified atom stereocenters. The second kappa shape index (κ2) is 1.98. The molecular weight excluding hydrogens is 148 g/mol. The maximum atomic E-state index is 10.7. The molecule has 51 valence electrons. The van der Waals surface area contributed by atoms with E-state index in [0.717, 1.165) is 11.3 Å². The van der Waals surface area contributed by atoms with Gasteiger partial charge < -0.3 is 5.32 Å². The van der Waals surface area contributed by atoms with Gasteiger partial charge in [0.05, 0.1) is 12.2 Å². The Morgan fingerprint density at radius 2 is 2.50 bits per heavy atom. The first-order chi connectivity index (χ1) is 4.86. The van der Waals surface area contributed by atoms with E-state index in [4.69, 9.17) is 0 Å². The Labute approximate surface area is 62.1 Å². The van der Waals surface area contributed by atoms with Gasteiger partial charge in [0.15, 0.2) is 0 Å². The minimum Gasteiger partial charge on any atom is -0.305 e. The number of nitrogens with zero attached hydrogens (tertiary/aromatic N) is 1. The average Bonchev–Trinajstić information content (AvgIpc) is 2.33. The van der Waals surface area contributed by atoms with Crippen molar-refractivity contribution in [2.75, 3.05) is 5.32 Å². The molecule has 0 fully saturated rings. The molecule has 1 aliphatic rings. The minimum absolute atomic E-state index is 0.231. The SMILES string of the molecule is O=C1[N]Cc2cscc2N1. The second-order valence-corrected chi connectivity index (χ2v) is 2.80. The maximum Gasteiger partial charge on any atom is 0.341 e. The number of carbonyl (C=O) groups is 1. The zero-order valence-corrected chi connectivity index (χ0v) is 5.94. The number of urea groups is 1. The van der Waals surface area contributed by atoms with Gasteiger partial charge in [0.25, 0.3) is 0 Å². The minimum atomic E-state index is -0.231. The molecule has 4 heteroatoms. The highest BCUT2D eigenvalue weighted by Crippen LogP contribution is 2.23. The van der Waals surface area contributed by atoms with Gasteiger partial charge in [-0.1, -0.05) is 0 Å². The van der Waals surface area contributed by atoms with E-state index < -0.39 is 0 Å². The highest BCUT2D eigenvalue weighted by molar-refractivity contribution is 7.08. The van der Waals surface area contributed by atoms with Gasteiger partial charge in [-0.15, -0.1) is 11.3 Å². The van der Waals surface area contributed by atoms with Crippen LogP contribution in [0.2, 0.25) is 0 Å². The molecular formula is C6H5N2OS. The summed E-state index contributed by atoms with van der Waals surface area (Å²) < 4.78 is 0. The predicted octanol–water partition coefficient (Wildman–Crippen LogP) is 1.40. The Morgan fingerprint density at radius 1 is 1.60 bits per heavy atom. The van der Waals surface area contributed by atoms with Crippen molar-refractivity contribution in [3.8, 4) is 0 Å². The Hall–Kier alpha value is -1.03. The van der Waals surface area contributed by atoms with Gasteiger partial charge in [-0.05, 0) is 5.38 Å². The molecule has 3 nitrogen and oxygen atoms in total. The van der Waals surface area contributed by atoms with Crippen molar-refractivity contribution in [1.82, 2.24) is 5.32 Å². The largest absolute Gasteiger partial charge is 0.341 e. The van der Waals surface area contributed by atoms with Crippen LogP contribution in [0.1, 0.15) is 5.56 Å². The smallest absolute Gasteiger partial charge is 0.305 e. The molecule has 2 heterocycles. The summed E-state index contributed by atoms with van der Waals surface area (Å²) in [5, 5.41) is 10.3. The summed E-state index contributed by atoms with van der Waals surface area (Å²) in [5.41, 5.74) is 2.04. The number of thiophene rings is 1. The van der Waals surface area contributed by atoms with E-state index in [-0.39, 0.29) is 6.03 Å². The monoisotopic (exact) mass is 153 g/mol. The van der Waals surface area contributed by atoms with Crippen molar-refractivity contribution in [1.29, 1.82) is 0 Å². The number of nitrogens with one attached hydrogen (secondary N) is 1. The molecule has 1 aliphatic heterocycles. The van der Waals surface area contributed by atoms with Crippen molar-refractivity contribution in [3.05, 3.63) is 16.3 Å². The fourth-order valence-electron chi connectivity index (χ4n) is 0.867. The first kappa shape index (κ1) is 5.73. The van der Waals surface area contributed by atoms with E-state index >= 15 is 0 Å². The van der Waals surface area contributed by atoms with Gasteiger partial charge in [-0.3, -0.25) is 0 Å². The van der Waals surface area contributed by atoms with Gasteiger partial charge in [0.2, 0.25) is 0 Å². The summed E-state index contributed by atoms with van der Waals surface area (Å²) in [6.07, 6.45) is 0. The first-order valence-corrected chi connectivity index (χ1v) is 3.84. The lowest BCUT2D eigenvalue weighted by atomic mass is 10.2. The molecule has 0 saturated heterocycles. The van der Waals surface area contributed by atoms with Gasteiger partial charge >= 0.3 is 6.03 Å². The van der Waals surface area contributed by atoms with E-state index in [1.54, 1.807) is 11.3 Å². The number of hydrogen-bond donors (Lipinski definition) is 1. The molecule has 0 spiro atoms. The fraction of sp³-hybridized carbons (Fsp3) is 0.167. The topological polar surface area (TPSA) is 43.2 Å². The molecule has 0 saturated carbocycles. The molecule has 0 atom stereocenters. The van der Waals surface area contributed by atoms with Gasteiger partial charge in [0, 0.05) is 10.9 Å². The third-order valence-corrected chi connectivity index (χ3v) is 2.17. The van der Waals surface area contributed by atoms with Gasteiger partial charge in [0.1, 0.15) is 0 Å². The maximum absolute atomic E-state index is 10.7. The number of carbonyl (C=O) groups excluding carboxylic acids is 1. The van der Waals surface area contributed by atoms with Crippen LogP contribution < -0.4 is 10.6 Å². The number of hydrogen-bond acceptors (Lipinski definition) is 2. The fourth-order valence-corrected chi connectivity index (χ4v) is 1.65. The lowest BCUT2D eigenvalue weighted by Crippen LogP contribution is -2.26.